The Morgan fingerprint density at radius 2 is 1.04 bits per heavy atom. The van der Waals surface area contributed by atoms with E-state index in [1.807, 2.05) is 48.5 Å². The summed E-state index contributed by atoms with van der Waals surface area (Å²) >= 11 is 0. The van der Waals surface area contributed by atoms with Crippen LogP contribution in [0, 0.1) is 0 Å². The lowest BCUT2D eigenvalue weighted by Crippen LogP contribution is -2.18. The minimum absolute atomic E-state index is 0.232. The lowest BCUT2D eigenvalue weighted by atomic mass is 9.78. The van der Waals surface area contributed by atoms with Crippen molar-refractivity contribution in [2.75, 3.05) is 0 Å². The van der Waals surface area contributed by atoms with Gasteiger partial charge in [-0.3, -0.25) is 0 Å². The van der Waals surface area contributed by atoms with E-state index in [0.29, 0.717) is 0 Å². The highest BCUT2D eigenvalue weighted by Gasteiger charge is 2.22. The summed E-state index contributed by atoms with van der Waals surface area (Å²) in [5.41, 5.74) is 3.64. The lowest BCUT2D eigenvalue weighted by molar-refractivity contribution is -0.132. The Bertz CT molecular complexity index is 740. The highest BCUT2D eigenvalue weighted by molar-refractivity contribution is 5.85. The molecule has 0 spiro atoms. The minimum atomic E-state index is -0.971. The maximum Gasteiger partial charge on any atom is 0.328 e. The van der Waals surface area contributed by atoms with Crippen LogP contribution in [-0.4, -0.2) is 22.2 Å². The van der Waals surface area contributed by atoms with Crippen molar-refractivity contribution < 1.29 is 19.8 Å². The van der Waals surface area contributed by atoms with Crippen LogP contribution < -0.4 is 0 Å². The third-order valence-electron chi connectivity index (χ3n) is 4.10. The van der Waals surface area contributed by atoms with Gasteiger partial charge in [0.05, 0.1) is 0 Å². The number of rotatable bonds is 6. The summed E-state index contributed by atoms with van der Waals surface area (Å²) in [7, 11) is 0. The zero-order valence-corrected chi connectivity index (χ0v) is 14.1. The summed E-state index contributed by atoms with van der Waals surface area (Å²) in [6, 6.07) is 15.5. The van der Waals surface area contributed by atoms with Gasteiger partial charge in [0.1, 0.15) is 0 Å². The molecule has 2 N–H and O–H groups in total. The number of carbonyl (C=O) groups is 2. The van der Waals surface area contributed by atoms with Gasteiger partial charge in [-0.1, -0.05) is 62.4 Å². The fourth-order valence-corrected chi connectivity index (χ4v) is 2.52. The zero-order chi connectivity index (χ0) is 18.4. The molecule has 128 valence electrons. The third-order valence-corrected chi connectivity index (χ3v) is 4.10. The molecule has 0 radical (unpaired) electrons. The fraction of sp³-hybridized carbons (Fsp3) is 0.143. The first-order valence-corrected chi connectivity index (χ1v) is 7.82. The predicted octanol–water partition coefficient (Wildman–Crippen LogP) is 4.21. The predicted molar refractivity (Wildman–Crippen MR) is 98.4 cm³/mol. The standard InChI is InChI=1S/C21H20O4/c1-21(2,17-9-3-15(4-10-17)7-13-19(22)23)18-11-5-16(6-12-18)8-14-20(24)25/h3-14H,1-2H3,(H,22,23)(H,24,25). The van der Waals surface area contributed by atoms with Gasteiger partial charge in [-0.15, -0.1) is 0 Å². The fourth-order valence-electron chi connectivity index (χ4n) is 2.52. The number of carboxylic acids is 2. The van der Waals surface area contributed by atoms with Crippen LogP contribution in [0.2, 0.25) is 0 Å². The molecule has 2 aromatic carbocycles. The van der Waals surface area contributed by atoms with Crippen molar-refractivity contribution in [1.29, 1.82) is 0 Å². The molecule has 0 aromatic heterocycles. The summed E-state index contributed by atoms with van der Waals surface area (Å²) < 4.78 is 0. The van der Waals surface area contributed by atoms with Crippen LogP contribution in [0.3, 0.4) is 0 Å². The number of aliphatic carboxylic acids is 2. The second-order valence-corrected chi connectivity index (χ2v) is 6.21. The van der Waals surface area contributed by atoms with E-state index in [0.717, 1.165) is 34.4 Å². The molecule has 0 aliphatic heterocycles. The molecule has 0 saturated carbocycles. The van der Waals surface area contributed by atoms with E-state index in [2.05, 4.69) is 13.8 Å². The molecule has 25 heavy (non-hydrogen) atoms. The van der Waals surface area contributed by atoms with Gasteiger partial charge in [0.25, 0.3) is 0 Å². The Hall–Kier alpha value is -3.14. The molecule has 0 aliphatic carbocycles. The lowest BCUT2D eigenvalue weighted by Gasteiger charge is -2.26. The molecule has 0 fully saturated rings. The van der Waals surface area contributed by atoms with Gasteiger partial charge in [-0.2, -0.15) is 0 Å². The van der Waals surface area contributed by atoms with Crippen LogP contribution in [0.15, 0.2) is 60.7 Å². The van der Waals surface area contributed by atoms with Gasteiger partial charge >= 0.3 is 11.9 Å². The Morgan fingerprint density at radius 1 is 0.720 bits per heavy atom. The normalized spacial score (nSPS) is 11.9. The molecular formula is C21H20O4. The van der Waals surface area contributed by atoms with Gasteiger partial charge in [-0.25, -0.2) is 9.59 Å². The second-order valence-electron chi connectivity index (χ2n) is 6.21. The molecule has 0 unspecified atom stereocenters. The molecule has 0 saturated heterocycles. The Labute approximate surface area is 146 Å². The highest BCUT2D eigenvalue weighted by Crippen LogP contribution is 2.32. The maximum atomic E-state index is 10.6. The molecule has 4 heteroatoms. The van der Waals surface area contributed by atoms with E-state index >= 15 is 0 Å². The van der Waals surface area contributed by atoms with E-state index in [-0.39, 0.29) is 5.41 Å². The highest BCUT2D eigenvalue weighted by atomic mass is 16.4. The van der Waals surface area contributed by atoms with Gasteiger partial charge in [-0.05, 0) is 34.4 Å². The topological polar surface area (TPSA) is 74.6 Å². The van der Waals surface area contributed by atoms with Crippen LogP contribution in [0.5, 0.6) is 0 Å². The average molecular weight is 336 g/mol. The van der Waals surface area contributed by atoms with E-state index in [1.54, 1.807) is 12.2 Å². The van der Waals surface area contributed by atoms with E-state index in [9.17, 15) is 9.59 Å². The Kier molecular flexibility index (Phi) is 5.55. The molecule has 0 aliphatic rings. The zero-order valence-electron chi connectivity index (χ0n) is 14.1. The molecule has 0 heterocycles. The summed E-state index contributed by atoms with van der Waals surface area (Å²) in [6.07, 6.45) is 5.35. The Morgan fingerprint density at radius 3 is 1.32 bits per heavy atom. The molecule has 4 nitrogen and oxygen atoms in total. The van der Waals surface area contributed by atoms with Crippen LogP contribution >= 0.6 is 0 Å². The van der Waals surface area contributed by atoms with Gasteiger partial charge in [0.2, 0.25) is 0 Å². The molecule has 0 bridgehead atoms. The average Bonchev–Trinajstić information content (AvgIpc) is 2.59. The monoisotopic (exact) mass is 336 g/mol. The maximum absolute atomic E-state index is 10.6. The molecule has 0 atom stereocenters. The number of hydrogen-bond donors (Lipinski definition) is 2. The number of benzene rings is 2. The number of carboxylic acid groups (broad SMARTS) is 2. The van der Waals surface area contributed by atoms with Crippen LogP contribution in [0.25, 0.3) is 12.2 Å². The first-order chi connectivity index (χ1) is 11.8. The van der Waals surface area contributed by atoms with Gasteiger partial charge < -0.3 is 10.2 Å². The SMILES string of the molecule is CC(C)(c1ccc(C=CC(=O)O)cc1)c1ccc(C=CC(=O)O)cc1. The first kappa shape index (κ1) is 18.2. The van der Waals surface area contributed by atoms with Crippen molar-refractivity contribution in [3.63, 3.8) is 0 Å². The van der Waals surface area contributed by atoms with Crippen molar-refractivity contribution in [2.24, 2.45) is 0 Å². The van der Waals surface area contributed by atoms with Crippen molar-refractivity contribution >= 4 is 24.1 Å². The van der Waals surface area contributed by atoms with Crippen LogP contribution in [0.1, 0.15) is 36.1 Å². The summed E-state index contributed by atoms with van der Waals surface area (Å²) in [5.74, 6) is -1.94. The van der Waals surface area contributed by atoms with Crippen molar-refractivity contribution in [2.45, 2.75) is 19.3 Å². The third kappa shape index (κ3) is 4.91. The minimum Gasteiger partial charge on any atom is -0.478 e. The summed E-state index contributed by atoms with van der Waals surface area (Å²) in [6.45, 7) is 4.22. The molecule has 2 rings (SSSR count). The smallest absolute Gasteiger partial charge is 0.328 e. The molecular weight excluding hydrogens is 316 g/mol. The second kappa shape index (κ2) is 7.62. The summed E-state index contributed by atoms with van der Waals surface area (Å²) in [4.78, 5) is 21.1. The van der Waals surface area contributed by atoms with Gasteiger partial charge in [0.15, 0.2) is 0 Å². The largest absolute Gasteiger partial charge is 0.478 e. The number of hydrogen-bond acceptors (Lipinski definition) is 2. The first-order valence-electron chi connectivity index (χ1n) is 7.82. The quantitative estimate of drug-likeness (QED) is 0.775. The summed E-state index contributed by atoms with van der Waals surface area (Å²) in [5, 5.41) is 17.3. The van der Waals surface area contributed by atoms with Crippen molar-refractivity contribution in [3.8, 4) is 0 Å². The van der Waals surface area contributed by atoms with Crippen molar-refractivity contribution in [3.05, 3.63) is 82.9 Å². The van der Waals surface area contributed by atoms with E-state index in [4.69, 9.17) is 10.2 Å². The molecule has 0 amide bonds. The van der Waals surface area contributed by atoms with Crippen molar-refractivity contribution in [1.82, 2.24) is 0 Å². The Balaban J connectivity index is 2.22. The van der Waals surface area contributed by atoms with E-state index < -0.39 is 11.9 Å². The van der Waals surface area contributed by atoms with Crippen LogP contribution in [0.4, 0.5) is 0 Å². The van der Waals surface area contributed by atoms with E-state index in [1.165, 1.54) is 0 Å². The molecule has 2 aromatic rings. The van der Waals surface area contributed by atoms with Gasteiger partial charge in [0, 0.05) is 17.6 Å². The van der Waals surface area contributed by atoms with Crippen LogP contribution in [-0.2, 0) is 15.0 Å².